The van der Waals surface area contributed by atoms with Crippen molar-refractivity contribution in [1.29, 1.82) is 0 Å². The van der Waals surface area contributed by atoms with Gasteiger partial charge in [-0.15, -0.1) is 3.89 Å². The first-order chi connectivity index (χ1) is 6.62. The Hall–Kier alpha value is -0.990. The SMILES string of the molecule is C=C1OC(F)(CF)C(F)(CS(=O)(=O)F)O1. The molecule has 0 spiro atoms. The average Bonchev–Trinajstić information content (AvgIpc) is 2.19. The highest BCUT2D eigenvalue weighted by Crippen LogP contribution is 2.44. The highest BCUT2D eigenvalue weighted by atomic mass is 32.3. The minimum Gasteiger partial charge on any atom is -0.420 e. The minimum atomic E-state index is -5.40. The molecule has 0 N–H and O–H groups in total. The van der Waals surface area contributed by atoms with Crippen LogP contribution >= 0.6 is 0 Å². The van der Waals surface area contributed by atoms with E-state index in [1.165, 1.54) is 0 Å². The van der Waals surface area contributed by atoms with Crippen molar-refractivity contribution < 1.29 is 34.9 Å². The third-order valence-electron chi connectivity index (χ3n) is 1.64. The van der Waals surface area contributed by atoms with Crippen LogP contribution in [0.2, 0.25) is 0 Å². The van der Waals surface area contributed by atoms with Crippen molar-refractivity contribution in [3.63, 3.8) is 0 Å². The Kier molecular flexibility index (Phi) is 2.62. The summed E-state index contributed by atoms with van der Waals surface area (Å²) in [5.41, 5.74) is 0. The Morgan fingerprint density at radius 3 is 2.13 bits per heavy atom. The lowest BCUT2D eigenvalue weighted by atomic mass is 10.2. The fourth-order valence-corrected chi connectivity index (χ4v) is 1.74. The van der Waals surface area contributed by atoms with Gasteiger partial charge in [0.2, 0.25) is 0 Å². The molecular weight excluding hydrogens is 244 g/mol. The molecule has 88 valence electrons. The van der Waals surface area contributed by atoms with Crippen LogP contribution in [-0.4, -0.2) is 32.6 Å². The van der Waals surface area contributed by atoms with Gasteiger partial charge < -0.3 is 9.47 Å². The summed E-state index contributed by atoms with van der Waals surface area (Å²) in [4.78, 5) is 0. The summed E-state index contributed by atoms with van der Waals surface area (Å²) < 4.78 is 79.2. The normalized spacial score (nSPS) is 36.1. The minimum absolute atomic E-state index is 0.957. The van der Waals surface area contributed by atoms with Crippen molar-refractivity contribution in [2.75, 3.05) is 12.4 Å². The van der Waals surface area contributed by atoms with Crippen molar-refractivity contribution in [3.8, 4) is 0 Å². The van der Waals surface area contributed by atoms with E-state index in [9.17, 15) is 25.5 Å². The zero-order chi connectivity index (χ0) is 11.9. The van der Waals surface area contributed by atoms with E-state index in [0.717, 1.165) is 0 Å². The molecule has 0 aromatic carbocycles. The zero-order valence-corrected chi connectivity index (χ0v) is 7.99. The van der Waals surface area contributed by atoms with Gasteiger partial charge >= 0.3 is 21.9 Å². The molecule has 15 heavy (non-hydrogen) atoms. The number of hydrogen-bond acceptors (Lipinski definition) is 4. The van der Waals surface area contributed by atoms with Crippen molar-refractivity contribution in [3.05, 3.63) is 12.5 Å². The molecule has 4 nitrogen and oxygen atoms in total. The van der Waals surface area contributed by atoms with Crippen LogP contribution in [-0.2, 0) is 19.7 Å². The molecule has 1 aliphatic rings. The maximum atomic E-state index is 13.5. The van der Waals surface area contributed by atoms with Crippen LogP contribution < -0.4 is 0 Å². The van der Waals surface area contributed by atoms with Gasteiger partial charge in [-0.1, -0.05) is 0 Å². The van der Waals surface area contributed by atoms with Crippen LogP contribution in [0.5, 0.6) is 0 Å². The lowest BCUT2D eigenvalue weighted by Crippen LogP contribution is -2.50. The van der Waals surface area contributed by atoms with Crippen LogP contribution in [0.1, 0.15) is 0 Å². The van der Waals surface area contributed by atoms with Crippen molar-refractivity contribution in [2.24, 2.45) is 0 Å². The summed E-state index contributed by atoms with van der Waals surface area (Å²) in [6, 6.07) is 0. The van der Waals surface area contributed by atoms with Crippen molar-refractivity contribution in [2.45, 2.75) is 11.7 Å². The molecule has 0 aromatic heterocycles. The van der Waals surface area contributed by atoms with E-state index in [2.05, 4.69) is 16.1 Å². The molecule has 0 bridgehead atoms. The molecular formula is C6H6F4O4S. The molecule has 1 saturated heterocycles. The lowest BCUT2D eigenvalue weighted by molar-refractivity contribution is -0.208. The average molecular weight is 250 g/mol. The van der Waals surface area contributed by atoms with E-state index in [0.29, 0.717) is 0 Å². The second-order valence-electron chi connectivity index (χ2n) is 2.85. The Labute approximate surface area is 82.7 Å². The zero-order valence-electron chi connectivity index (χ0n) is 7.17. The van der Waals surface area contributed by atoms with Gasteiger partial charge in [0.05, 0.1) is 0 Å². The molecule has 2 unspecified atom stereocenters. The molecule has 2 atom stereocenters. The molecule has 0 aliphatic carbocycles. The predicted molar refractivity (Wildman–Crippen MR) is 39.9 cm³/mol. The fourth-order valence-electron chi connectivity index (χ4n) is 1.02. The summed E-state index contributed by atoms with van der Waals surface area (Å²) in [6.45, 7) is 0.771. The third kappa shape index (κ3) is 2.16. The van der Waals surface area contributed by atoms with Crippen LogP contribution in [0.3, 0.4) is 0 Å². The number of ether oxygens (including phenoxy) is 2. The van der Waals surface area contributed by atoms with Gasteiger partial charge in [0.25, 0.3) is 5.95 Å². The van der Waals surface area contributed by atoms with Gasteiger partial charge in [0, 0.05) is 0 Å². The smallest absolute Gasteiger partial charge is 0.349 e. The summed E-state index contributed by atoms with van der Waals surface area (Å²) in [5, 5.41) is 0. The fraction of sp³-hybridized carbons (Fsp3) is 0.667. The van der Waals surface area contributed by atoms with Gasteiger partial charge in [-0.25, -0.2) is 4.39 Å². The number of rotatable bonds is 3. The van der Waals surface area contributed by atoms with Crippen LogP contribution in [0.4, 0.5) is 17.1 Å². The van der Waals surface area contributed by atoms with E-state index < -0.39 is 40.3 Å². The molecule has 9 heteroatoms. The molecule has 1 heterocycles. The van der Waals surface area contributed by atoms with Gasteiger partial charge in [0.1, 0.15) is 0 Å². The lowest BCUT2D eigenvalue weighted by Gasteiger charge is -2.24. The van der Waals surface area contributed by atoms with E-state index in [4.69, 9.17) is 0 Å². The van der Waals surface area contributed by atoms with Gasteiger partial charge in [-0.05, 0) is 6.58 Å². The van der Waals surface area contributed by atoms with E-state index >= 15 is 0 Å². The van der Waals surface area contributed by atoms with E-state index in [1.54, 1.807) is 0 Å². The largest absolute Gasteiger partial charge is 0.420 e. The number of hydrogen-bond donors (Lipinski definition) is 0. The maximum Gasteiger partial charge on any atom is 0.349 e. The van der Waals surface area contributed by atoms with E-state index in [-0.39, 0.29) is 0 Å². The second-order valence-corrected chi connectivity index (χ2v) is 4.22. The summed E-state index contributed by atoms with van der Waals surface area (Å²) >= 11 is 0. The standard InChI is InChI=1S/C6H6F4O4S/c1-4-13-5(8,2-7)6(9,14-4)3-15(10,11)12/h1-3H2. The highest BCUT2D eigenvalue weighted by molar-refractivity contribution is 7.86. The molecule has 1 rings (SSSR count). The molecule has 1 aliphatic heterocycles. The Bertz CT molecular complexity index is 383. The van der Waals surface area contributed by atoms with Crippen LogP contribution in [0.15, 0.2) is 12.5 Å². The molecule has 0 saturated carbocycles. The summed E-state index contributed by atoms with van der Waals surface area (Å²) in [6.07, 6.45) is 0. The van der Waals surface area contributed by atoms with Crippen LogP contribution in [0, 0.1) is 0 Å². The number of halogens is 4. The molecule has 1 fully saturated rings. The Morgan fingerprint density at radius 2 is 1.73 bits per heavy atom. The quantitative estimate of drug-likeness (QED) is 0.556. The van der Waals surface area contributed by atoms with Crippen molar-refractivity contribution in [1.82, 2.24) is 0 Å². The molecule has 0 aromatic rings. The summed E-state index contributed by atoms with van der Waals surface area (Å²) in [5.74, 6) is -10.4. The first-order valence-corrected chi connectivity index (χ1v) is 5.10. The van der Waals surface area contributed by atoms with E-state index in [1.807, 2.05) is 0 Å². The second kappa shape index (κ2) is 3.26. The van der Waals surface area contributed by atoms with Gasteiger partial charge in [0.15, 0.2) is 12.4 Å². The highest BCUT2D eigenvalue weighted by Gasteiger charge is 2.66. The monoisotopic (exact) mass is 250 g/mol. The predicted octanol–water partition coefficient (Wildman–Crippen LogP) is 1.10. The maximum absolute atomic E-state index is 13.5. The van der Waals surface area contributed by atoms with Crippen LogP contribution in [0.25, 0.3) is 0 Å². The Balaban J connectivity index is 3.05. The third-order valence-corrected chi connectivity index (χ3v) is 2.35. The molecule has 0 amide bonds. The first-order valence-electron chi connectivity index (χ1n) is 3.55. The Morgan fingerprint density at radius 1 is 1.27 bits per heavy atom. The van der Waals surface area contributed by atoms with Gasteiger partial charge in [-0.2, -0.15) is 17.2 Å². The number of alkyl halides is 3. The molecule has 0 radical (unpaired) electrons. The topological polar surface area (TPSA) is 52.6 Å². The van der Waals surface area contributed by atoms with Gasteiger partial charge in [-0.3, -0.25) is 0 Å². The van der Waals surface area contributed by atoms with Crippen molar-refractivity contribution >= 4 is 10.2 Å². The summed E-state index contributed by atoms with van der Waals surface area (Å²) in [7, 11) is -5.40. The first kappa shape index (κ1) is 12.1.